The van der Waals surface area contributed by atoms with E-state index in [-0.39, 0.29) is 6.79 Å². The molecule has 0 spiro atoms. The average molecular weight is 265 g/mol. The van der Waals surface area contributed by atoms with Crippen molar-refractivity contribution in [1.29, 1.82) is 0 Å². The summed E-state index contributed by atoms with van der Waals surface area (Å²) in [6.07, 6.45) is 7.63. The number of hydrogen-bond acceptors (Lipinski definition) is 3. The molecule has 0 atom stereocenters. The molecule has 107 valence electrons. The molecule has 0 saturated carbocycles. The van der Waals surface area contributed by atoms with Crippen LogP contribution in [0.25, 0.3) is 0 Å². The van der Waals surface area contributed by atoms with Crippen LogP contribution in [0.5, 0.6) is 11.5 Å². The lowest BCUT2D eigenvalue weighted by atomic mass is 10.1. The first kappa shape index (κ1) is 15.8. The van der Waals surface area contributed by atoms with Gasteiger partial charge in [-0.25, -0.2) is 0 Å². The van der Waals surface area contributed by atoms with Gasteiger partial charge in [0.25, 0.3) is 0 Å². The molecule has 0 N–H and O–H groups in total. The summed E-state index contributed by atoms with van der Waals surface area (Å²) in [5, 5.41) is 0. The summed E-state index contributed by atoms with van der Waals surface area (Å²) >= 11 is 0. The van der Waals surface area contributed by atoms with Crippen molar-refractivity contribution >= 4 is 0 Å². The van der Waals surface area contributed by atoms with Gasteiger partial charge in [-0.15, -0.1) is 0 Å². The summed E-state index contributed by atoms with van der Waals surface area (Å²) in [5.74, 6) is 1.49. The maximum atomic E-state index is 5.69. The number of ether oxygens (including phenoxy) is 3. The van der Waals surface area contributed by atoms with E-state index in [1.807, 2.05) is 18.2 Å². The molecule has 0 saturated heterocycles. The second-order valence-corrected chi connectivity index (χ2v) is 4.56. The van der Waals surface area contributed by atoms with Gasteiger partial charge >= 0.3 is 0 Å². The molecule has 0 aromatic heterocycles. The zero-order chi connectivity index (χ0) is 13.8. The molecule has 0 aliphatic heterocycles. The lowest BCUT2D eigenvalue weighted by Gasteiger charge is -2.08. The molecule has 1 aromatic carbocycles. The average Bonchev–Trinajstić information content (AvgIpc) is 2.44. The van der Waals surface area contributed by atoms with Crippen LogP contribution in [0.15, 0.2) is 18.2 Å². The normalized spacial score (nSPS) is 10.4. The van der Waals surface area contributed by atoms with E-state index in [9.17, 15) is 0 Å². The van der Waals surface area contributed by atoms with Crippen molar-refractivity contribution in [3.63, 3.8) is 0 Å². The van der Waals surface area contributed by atoms with Crippen LogP contribution in [0.4, 0.5) is 0 Å². The fraction of sp³-hybridized carbons (Fsp3) is 0.625. The summed E-state index contributed by atoms with van der Waals surface area (Å²) in [5.41, 5.74) is 0. The predicted octanol–water partition coefficient (Wildman–Crippen LogP) is 4.21. The Kier molecular flexibility index (Phi) is 8.90. The lowest BCUT2D eigenvalue weighted by Crippen LogP contribution is -2.00. The lowest BCUT2D eigenvalue weighted by molar-refractivity contribution is 0.0507. The van der Waals surface area contributed by atoms with Gasteiger partial charge in [0.05, 0.1) is 6.61 Å². The maximum absolute atomic E-state index is 5.69. The van der Waals surface area contributed by atoms with Gasteiger partial charge < -0.3 is 14.2 Å². The molecule has 0 aliphatic carbocycles. The fourth-order valence-corrected chi connectivity index (χ4v) is 1.79. The third-order valence-electron chi connectivity index (χ3n) is 2.85. The van der Waals surface area contributed by atoms with Crippen molar-refractivity contribution in [2.75, 3.05) is 20.5 Å². The molecular weight excluding hydrogens is 240 g/mol. The largest absolute Gasteiger partial charge is 0.493 e. The molecule has 1 rings (SSSR count). The van der Waals surface area contributed by atoms with E-state index < -0.39 is 0 Å². The number of hydrogen-bond donors (Lipinski definition) is 0. The number of benzene rings is 1. The van der Waals surface area contributed by atoms with Crippen molar-refractivity contribution < 1.29 is 14.2 Å². The Morgan fingerprint density at radius 2 is 1.84 bits per heavy atom. The Balaban J connectivity index is 2.14. The van der Waals surface area contributed by atoms with E-state index in [1.165, 1.54) is 32.1 Å². The molecule has 0 fully saturated rings. The molecule has 3 nitrogen and oxygen atoms in total. The highest BCUT2D eigenvalue weighted by atomic mass is 16.7. The van der Waals surface area contributed by atoms with Gasteiger partial charge in [-0.2, -0.15) is 0 Å². The molecular formula is C16H25O3. The van der Waals surface area contributed by atoms with Gasteiger partial charge in [0, 0.05) is 19.2 Å². The third kappa shape index (κ3) is 7.73. The van der Waals surface area contributed by atoms with Gasteiger partial charge in [0.15, 0.2) is 6.79 Å². The first-order valence-electron chi connectivity index (χ1n) is 7.13. The van der Waals surface area contributed by atoms with Crippen LogP contribution in [0.3, 0.4) is 0 Å². The van der Waals surface area contributed by atoms with Crippen LogP contribution >= 0.6 is 0 Å². The molecule has 0 aliphatic rings. The molecule has 0 unspecified atom stereocenters. The molecule has 1 radical (unpaired) electrons. The Morgan fingerprint density at radius 1 is 1.05 bits per heavy atom. The van der Waals surface area contributed by atoms with Gasteiger partial charge in [-0.3, -0.25) is 0 Å². The van der Waals surface area contributed by atoms with E-state index >= 15 is 0 Å². The minimum atomic E-state index is 0.234. The molecule has 0 bridgehead atoms. The summed E-state index contributed by atoms with van der Waals surface area (Å²) in [6, 6.07) is 8.54. The van der Waals surface area contributed by atoms with Crippen molar-refractivity contribution in [2.45, 2.75) is 45.4 Å². The van der Waals surface area contributed by atoms with Gasteiger partial charge in [0.2, 0.25) is 0 Å². The fourth-order valence-electron chi connectivity index (χ4n) is 1.79. The highest BCUT2D eigenvalue weighted by Crippen LogP contribution is 2.19. The minimum Gasteiger partial charge on any atom is -0.493 e. The van der Waals surface area contributed by atoms with Gasteiger partial charge in [-0.1, -0.05) is 39.0 Å². The van der Waals surface area contributed by atoms with Crippen LogP contribution < -0.4 is 9.47 Å². The second-order valence-electron chi connectivity index (χ2n) is 4.56. The first-order valence-corrected chi connectivity index (χ1v) is 7.13. The van der Waals surface area contributed by atoms with Crippen molar-refractivity contribution in [3.8, 4) is 11.5 Å². The maximum Gasteiger partial charge on any atom is 0.188 e. The van der Waals surface area contributed by atoms with Gasteiger partial charge in [0.1, 0.15) is 11.5 Å². The highest BCUT2D eigenvalue weighted by molar-refractivity contribution is 5.31. The molecule has 0 heterocycles. The topological polar surface area (TPSA) is 27.7 Å². The quantitative estimate of drug-likeness (QED) is 0.443. The Morgan fingerprint density at radius 3 is 2.63 bits per heavy atom. The minimum absolute atomic E-state index is 0.234. The standard InChI is InChI=1S/C16H25O3/c1-3-4-5-6-7-8-12-18-15-10-9-11-16(13-15)19-14-17-2/h9-10,13H,3-8,12,14H2,1-2H3. The van der Waals surface area contributed by atoms with Crippen LogP contribution in [0.2, 0.25) is 0 Å². The number of unbranched alkanes of at least 4 members (excludes halogenated alkanes) is 5. The van der Waals surface area contributed by atoms with Crippen LogP contribution in [-0.2, 0) is 4.74 Å². The molecule has 3 heteroatoms. The van der Waals surface area contributed by atoms with E-state index in [2.05, 4.69) is 13.0 Å². The smallest absolute Gasteiger partial charge is 0.188 e. The number of rotatable bonds is 11. The summed E-state index contributed by atoms with van der Waals surface area (Å²) in [4.78, 5) is 0. The summed E-state index contributed by atoms with van der Waals surface area (Å²) in [7, 11) is 1.60. The summed E-state index contributed by atoms with van der Waals surface area (Å²) in [6.45, 7) is 3.23. The predicted molar refractivity (Wildman–Crippen MR) is 76.7 cm³/mol. The van der Waals surface area contributed by atoms with Crippen molar-refractivity contribution in [1.82, 2.24) is 0 Å². The molecule has 1 aromatic rings. The van der Waals surface area contributed by atoms with Crippen LogP contribution in [0.1, 0.15) is 45.4 Å². The SMILES string of the molecule is CCCCCCCCOc1cc[c]c(OCOC)c1. The summed E-state index contributed by atoms with van der Waals surface area (Å²) < 4.78 is 15.9. The second kappa shape index (κ2) is 10.7. The van der Waals surface area contributed by atoms with E-state index in [0.717, 1.165) is 18.8 Å². The first-order chi connectivity index (χ1) is 9.36. The van der Waals surface area contributed by atoms with E-state index in [0.29, 0.717) is 5.75 Å². The Bertz CT molecular complexity index is 326. The Hall–Kier alpha value is -1.22. The highest BCUT2D eigenvalue weighted by Gasteiger charge is 1.98. The van der Waals surface area contributed by atoms with Crippen molar-refractivity contribution in [3.05, 3.63) is 24.3 Å². The van der Waals surface area contributed by atoms with Crippen LogP contribution in [-0.4, -0.2) is 20.5 Å². The third-order valence-corrected chi connectivity index (χ3v) is 2.85. The van der Waals surface area contributed by atoms with E-state index in [4.69, 9.17) is 14.2 Å². The molecule has 0 amide bonds. The van der Waals surface area contributed by atoms with Crippen LogP contribution in [0, 0.1) is 6.07 Å². The zero-order valence-corrected chi connectivity index (χ0v) is 12.1. The monoisotopic (exact) mass is 265 g/mol. The molecule has 19 heavy (non-hydrogen) atoms. The van der Waals surface area contributed by atoms with Gasteiger partial charge in [-0.05, 0) is 18.6 Å². The number of methoxy groups -OCH3 is 1. The van der Waals surface area contributed by atoms with Crippen molar-refractivity contribution in [2.24, 2.45) is 0 Å². The van der Waals surface area contributed by atoms with E-state index in [1.54, 1.807) is 7.11 Å². The Labute approximate surface area is 116 Å². The zero-order valence-electron chi connectivity index (χ0n) is 12.1.